The third kappa shape index (κ3) is 2.79. The highest BCUT2D eigenvalue weighted by Gasteiger charge is 2.09. The molecule has 18 heavy (non-hydrogen) atoms. The van der Waals surface area contributed by atoms with Gasteiger partial charge in [-0.2, -0.15) is 0 Å². The van der Waals surface area contributed by atoms with E-state index in [0.717, 1.165) is 5.56 Å². The van der Waals surface area contributed by atoms with Crippen LogP contribution in [0, 0.1) is 18.6 Å². The summed E-state index contributed by atoms with van der Waals surface area (Å²) in [5.41, 5.74) is 1.36. The van der Waals surface area contributed by atoms with E-state index in [4.69, 9.17) is 16.3 Å². The van der Waals surface area contributed by atoms with E-state index in [-0.39, 0.29) is 11.6 Å². The van der Waals surface area contributed by atoms with Crippen molar-refractivity contribution in [3.05, 3.63) is 59.2 Å². The Kier molecular flexibility index (Phi) is 3.82. The van der Waals surface area contributed by atoms with Crippen LogP contribution in [0.15, 0.2) is 36.4 Å². The van der Waals surface area contributed by atoms with Crippen molar-refractivity contribution in [2.75, 3.05) is 0 Å². The van der Waals surface area contributed by atoms with Crippen LogP contribution in [0.5, 0.6) is 11.5 Å². The van der Waals surface area contributed by atoms with Crippen LogP contribution in [0.3, 0.4) is 0 Å². The molecule has 2 aromatic rings. The summed E-state index contributed by atoms with van der Waals surface area (Å²) in [5, 5.41) is 0. The number of ether oxygens (including phenoxy) is 1. The highest BCUT2D eigenvalue weighted by Crippen LogP contribution is 2.29. The van der Waals surface area contributed by atoms with Gasteiger partial charge in [0.2, 0.25) is 0 Å². The normalized spacial score (nSPS) is 10.4. The summed E-state index contributed by atoms with van der Waals surface area (Å²) < 4.78 is 32.0. The largest absolute Gasteiger partial charge is 0.454 e. The average molecular weight is 269 g/mol. The highest BCUT2D eigenvalue weighted by atomic mass is 35.5. The lowest BCUT2D eigenvalue weighted by Gasteiger charge is -2.10. The molecule has 0 aliphatic carbocycles. The minimum atomic E-state index is -0.467. The van der Waals surface area contributed by atoms with Gasteiger partial charge in [-0.3, -0.25) is 0 Å². The molecule has 4 heteroatoms. The van der Waals surface area contributed by atoms with Gasteiger partial charge in [0.05, 0.1) is 5.88 Å². The lowest BCUT2D eigenvalue weighted by molar-refractivity contribution is 0.437. The van der Waals surface area contributed by atoms with Gasteiger partial charge in [0.15, 0.2) is 11.6 Å². The quantitative estimate of drug-likeness (QED) is 0.726. The third-order valence-electron chi connectivity index (χ3n) is 2.47. The fourth-order valence-electron chi connectivity index (χ4n) is 1.56. The lowest BCUT2D eigenvalue weighted by Crippen LogP contribution is -1.93. The van der Waals surface area contributed by atoms with Gasteiger partial charge >= 0.3 is 0 Å². The Morgan fingerprint density at radius 1 is 1.06 bits per heavy atom. The summed E-state index contributed by atoms with van der Waals surface area (Å²) >= 11 is 5.70. The zero-order valence-corrected chi connectivity index (χ0v) is 10.5. The van der Waals surface area contributed by atoms with Gasteiger partial charge in [-0.05, 0) is 42.8 Å². The van der Waals surface area contributed by atoms with Crippen molar-refractivity contribution in [2.45, 2.75) is 12.8 Å². The number of hydrogen-bond acceptors (Lipinski definition) is 1. The number of benzene rings is 2. The van der Waals surface area contributed by atoms with Crippen molar-refractivity contribution in [3.8, 4) is 11.5 Å². The molecule has 0 atom stereocenters. The summed E-state index contributed by atoms with van der Waals surface area (Å²) in [6.45, 7) is 1.83. The smallest absolute Gasteiger partial charge is 0.165 e. The second kappa shape index (κ2) is 5.36. The number of alkyl halides is 1. The Balaban J connectivity index is 2.36. The van der Waals surface area contributed by atoms with Gasteiger partial charge in [-0.15, -0.1) is 11.6 Å². The van der Waals surface area contributed by atoms with E-state index < -0.39 is 11.6 Å². The molecular weight excluding hydrogens is 258 g/mol. The Labute approximate surface area is 109 Å². The lowest BCUT2D eigenvalue weighted by atomic mass is 10.2. The van der Waals surface area contributed by atoms with Crippen LogP contribution in [0.1, 0.15) is 11.1 Å². The van der Waals surface area contributed by atoms with Gasteiger partial charge in [-0.1, -0.05) is 6.07 Å². The van der Waals surface area contributed by atoms with Crippen LogP contribution in [0.25, 0.3) is 0 Å². The van der Waals surface area contributed by atoms with Crippen LogP contribution < -0.4 is 4.74 Å². The van der Waals surface area contributed by atoms with Crippen molar-refractivity contribution in [3.63, 3.8) is 0 Å². The summed E-state index contributed by atoms with van der Waals surface area (Å²) in [6.07, 6.45) is 0. The first kappa shape index (κ1) is 12.8. The Bertz CT molecular complexity index is 570. The molecule has 0 aromatic heterocycles. The molecule has 0 radical (unpaired) electrons. The van der Waals surface area contributed by atoms with Gasteiger partial charge in [0, 0.05) is 5.56 Å². The average Bonchev–Trinajstić information content (AvgIpc) is 2.36. The van der Waals surface area contributed by atoms with E-state index in [2.05, 4.69) is 0 Å². The van der Waals surface area contributed by atoms with Crippen LogP contribution in [0.4, 0.5) is 8.78 Å². The van der Waals surface area contributed by atoms with Crippen molar-refractivity contribution in [1.82, 2.24) is 0 Å². The number of hydrogen-bond donors (Lipinski definition) is 0. The number of halogens is 3. The van der Waals surface area contributed by atoms with Crippen molar-refractivity contribution in [1.29, 1.82) is 0 Å². The van der Waals surface area contributed by atoms with E-state index in [0.29, 0.717) is 11.3 Å². The van der Waals surface area contributed by atoms with E-state index in [9.17, 15) is 8.78 Å². The first-order valence-electron chi connectivity index (χ1n) is 5.38. The zero-order chi connectivity index (χ0) is 13.1. The van der Waals surface area contributed by atoms with Gasteiger partial charge in [-0.25, -0.2) is 8.78 Å². The number of rotatable bonds is 3. The fourth-order valence-corrected chi connectivity index (χ4v) is 1.77. The molecular formula is C14H11ClF2O. The van der Waals surface area contributed by atoms with E-state index in [1.807, 2.05) is 6.92 Å². The van der Waals surface area contributed by atoms with Gasteiger partial charge in [0.25, 0.3) is 0 Å². The maximum absolute atomic E-state index is 13.5. The number of aryl methyl sites for hydroxylation is 1. The maximum atomic E-state index is 13.5. The fraction of sp³-hybridized carbons (Fsp3) is 0.143. The van der Waals surface area contributed by atoms with E-state index in [1.54, 1.807) is 12.1 Å². The second-order valence-electron chi connectivity index (χ2n) is 3.92. The van der Waals surface area contributed by atoms with Crippen molar-refractivity contribution in [2.24, 2.45) is 0 Å². The van der Waals surface area contributed by atoms with Gasteiger partial charge < -0.3 is 4.74 Å². The summed E-state index contributed by atoms with van der Waals surface area (Å²) in [5.74, 6) is -0.308. The molecule has 2 aromatic carbocycles. The zero-order valence-electron chi connectivity index (χ0n) is 9.71. The standard InChI is InChI=1S/C14H11ClF2O/c1-9-2-4-12(17)14(6-9)18-13-5-3-11(16)7-10(13)8-15/h2-7H,8H2,1H3. The molecule has 0 aliphatic heterocycles. The molecule has 0 fully saturated rings. The highest BCUT2D eigenvalue weighted by molar-refractivity contribution is 6.17. The summed E-state index contributed by atoms with van der Waals surface area (Å²) in [6, 6.07) is 8.52. The molecule has 0 bridgehead atoms. The Morgan fingerprint density at radius 3 is 2.56 bits per heavy atom. The molecule has 94 valence electrons. The van der Waals surface area contributed by atoms with E-state index in [1.165, 1.54) is 24.3 Å². The summed E-state index contributed by atoms with van der Waals surface area (Å²) in [4.78, 5) is 0. The first-order chi connectivity index (χ1) is 8.60. The monoisotopic (exact) mass is 268 g/mol. The minimum Gasteiger partial charge on any atom is -0.454 e. The topological polar surface area (TPSA) is 9.23 Å². The molecule has 0 N–H and O–H groups in total. The molecule has 0 spiro atoms. The molecule has 2 rings (SSSR count). The molecule has 0 unspecified atom stereocenters. The van der Waals surface area contributed by atoms with Crippen LogP contribution in [0.2, 0.25) is 0 Å². The van der Waals surface area contributed by atoms with E-state index >= 15 is 0 Å². The van der Waals surface area contributed by atoms with Crippen molar-refractivity contribution < 1.29 is 13.5 Å². The predicted octanol–water partition coefficient (Wildman–Crippen LogP) is 4.80. The predicted molar refractivity (Wildman–Crippen MR) is 67.2 cm³/mol. The van der Waals surface area contributed by atoms with Crippen molar-refractivity contribution >= 4 is 11.6 Å². The Hall–Kier alpha value is -1.61. The molecule has 0 saturated heterocycles. The van der Waals surface area contributed by atoms with Crippen LogP contribution >= 0.6 is 11.6 Å². The molecule has 0 amide bonds. The van der Waals surface area contributed by atoms with Crippen LogP contribution in [-0.4, -0.2) is 0 Å². The Morgan fingerprint density at radius 2 is 1.83 bits per heavy atom. The molecule has 0 aliphatic rings. The van der Waals surface area contributed by atoms with Crippen LogP contribution in [-0.2, 0) is 5.88 Å². The SMILES string of the molecule is Cc1ccc(F)c(Oc2ccc(F)cc2CCl)c1. The minimum absolute atomic E-state index is 0.0977. The summed E-state index contributed by atoms with van der Waals surface area (Å²) in [7, 11) is 0. The molecule has 1 nitrogen and oxygen atoms in total. The maximum Gasteiger partial charge on any atom is 0.165 e. The molecule has 0 heterocycles. The second-order valence-corrected chi connectivity index (χ2v) is 4.19. The third-order valence-corrected chi connectivity index (χ3v) is 2.76. The van der Waals surface area contributed by atoms with Gasteiger partial charge in [0.1, 0.15) is 11.6 Å². The first-order valence-corrected chi connectivity index (χ1v) is 5.92. The molecule has 0 saturated carbocycles.